The van der Waals surface area contributed by atoms with Crippen LogP contribution in [0.4, 0.5) is 0 Å². The van der Waals surface area contributed by atoms with Gasteiger partial charge in [-0.25, -0.2) is 0 Å². The van der Waals surface area contributed by atoms with Gasteiger partial charge in [0.25, 0.3) is 0 Å². The average molecular weight is 346 g/mol. The summed E-state index contributed by atoms with van der Waals surface area (Å²) in [6.07, 6.45) is 0.0774. The molecule has 0 spiro atoms. The van der Waals surface area contributed by atoms with Gasteiger partial charge in [-0.1, -0.05) is 0 Å². The molecule has 0 bridgehead atoms. The van der Waals surface area contributed by atoms with Crippen LogP contribution in [0.3, 0.4) is 0 Å². The van der Waals surface area contributed by atoms with Gasteiger partial charge in [0.1, 0.15) is 11.5 Å². The first kappa shape index (κ1) is 18.5. The van der Waals surface area contributed by atoms with Crippen LogP contribution in [0.5, 0.6) is 11.5 Å². The Balaban J connectivity index is 2.03. The number of Topliss-reactive ketones (excluding diaryl/α,β-unsaturated/α-hetero) is 1. The zero-order chi connectivity index (χ0) is 18.6. The lowest BCUT2D eigenvalue weighted by molar-refractivity contribution is -0.141. The number of aryl methyl sites for hydroxylation is 2. The van der Waals surface area contributed by atoms with E-state index in [4.69, 9.17) is 14.2 Å². The molecule has 0 saturated heterocycles. The topological polar surface area (TPSA) is 79.7 Å². The fourth-order valence-corrected chi connectivity index (χ4v) is 2.52. The Kier molecular flexibility index (Phi) is 5.80. The second-order valence-electron chi connectivity index (χ2n) is 5.60. The number of rotatable bonds is 7. The lowest BCUT2D eigenvalue weighted by Crippen LogP contribution is -2.17. The van der Waals surface area contributed by atoms with Gasteiger partial charge in [-0.05, 0) is 32.0 Å². The zero-order valence-corrected chi connectivity index (χ0v) is 15.1. The Hall–Kier alpha value is -2.83. The monoisotopic (exact) mass is 346 g/mol. The summed E-state index contributed by atoms with van der Waals surface area (Å²) in [5.74, 6) is 0.0935. The predicted molar refractivity (Wildman–Crippen MR) is 91.2 cm³/mol. The van der Waals surface area contributed by atoms with Crippen molar-refractivity contribution in [2.45, 2.75) is 20.3 Å². The number of nitrogens with zero attached hydrogens (tertiary/aromatic N) is 2. The summed E-state index contributed by atoms with van der Waals surface area (Å²) in [4.78, 5) is 24.4. The number of methoxy groups -OCH3 is 2. The molecule has 0 atom stereocenters. The Morgan fingerprint density at radius 1 is 1.16 bits per heavy atom. The van der Waals surface area contributed by atoms with Crippen molar-refractivity contribution in [3.8, 4) is 11.5 Å². The largest absolute Gasteiger partial charge is 0.497 e. The minimum absolute atomic E-state index is 0.0774. The molecule has 7 heteroatoms. The molecule has 0 fully saturated rings. The molecule has 0 aliphatic carbocycles. The molecule has 1 aromatic carbocycles. The standard InChI is InChI=1S/C18H22N2O5/c1-11-14(12(2)20(3)19-11)9-18(22)25-10-16(21)15-8-13(23-4)6-7-17(15)24-5/h6-8H,9-10H2,1-5H3. The van der Waals surface area contributed by atoms with Gasteiger partial charge in [0.2, 0.25) is 5.78 Å². The lowest BCUT2D eigenvalue weighted by atomic mass is 10.1. The van der Waals surface area contributed by atoms with E-state index >= 15 is 0 Å². The number of carbonyl (C=O) groups is 2. The van der Waals surface area contributed by atoms with Crippen molar-refractivity contribution < 1.29 is 23.8 Å². The molecule has 7 nitrogen and oxygen atoms in total. The third kappa shape index (κ3) is 4.17. The Labute approximate surface area is 146 Å². The minimum atomic E-state index is -0.477. The van der Waals surface area contributed by atoms with Gasteiger partial charge >= 0.3 is 5.97 Å². The quantitative estimate of drug-likeness (QED) is 0.564. The smallest absolute Gasteiger partial charge is 0.310 e. The molecule has 25 heavy (non-hydrogen) atoms. The van der Waals surface area contributed by atoms with Crippen molar-refractivity contribution in [3.05, 3.63) is 40.7 Å². The fraction of sp³-hybridized carbons (Fsp3) is 0.389. The van der Waals surface area contributed by atoms with Crippen molar-refractivity contribution in [3.63, 3.8) is 0 Å². The molecule has 134 valence electrons. The van der Waals surface area contributed by atoms with Crippen LogP contribution in [0.1, 0.15) is 27.3 Å². The van der Waals surface area contributed by atoms with Gasteiger partial charge in [-0.15, -0.1) is 0 Å². The Morgan fingerprint density at radius 3 is 2.44 bits per heavy atom. The Bertz CT molecular complexity index is 795. The van der Waals surface area contributed by atoms with Gasteiger partial charge < -0.3 is 14.2 Å². The van der Waals surface area contributed by atoms with Gasteiger partial charge in [0.05, 0.1) is 31.9 Å². The number of esters is 1. The highest BCUT2D eigenvalue weighted by Crippen LogP contribution is 2.24. The maximum Gasteiger partial charge on any atom is 0.310 e. The van der Waals surface area contributed by atoms with Crippen molar-refractivity contribution in [1.82, 2.24) is 9.78 Å². The van der Waals surface area contributed by atoms with Crippen LogP contribution in [-0.2, 0) is 23.0 Å². The van der Waals surface area contributed by atoms with E-state index in [0.717, 1.165) is 17.0 Å². The van der Waals surface area contributed by atoms with Crippen molar-refractivity contribution >= 4 is 11.8 Å². The summed E-state index contributed by atoms with van der Waals surface area (Å²) in [5.41, 5.74) is 2.80. The summed E-state index contributed by atoms with van der Waals surface area (Å²) in [6.45, 7) is 3.36. The molecule has 0 N–H and O–H groups in total. The van der Waals surface area contributed by atoms with Gasteiger partial charge in [-0.2, -0.15) is 5.10 Å². The number of benzene rings is 1. The molecular weight excluding hydrogens is 324 g/mol. The molecule has 1 heterocycles. The van der Waals surface area contributed by atoms with Crippen LogP contribution >= 0.6 is 0 Å². The van der Waals surface area contributed by atoms with Gasteiger partial charge in [-0.3, -0.25) is 14.3 Å². The van der Waals surface area contributed by atoms with E-state index in [-0.39, 0.29) is 18.8 Å². The molecule has 2 aromatic rings. The van der Waals surface area contributed by atoms with Crippen molar-refractivity contribution in [2.24, 2.45) is 7.05 Å². The first-order valence-electron chi connectivity index (χ1n) is 7.77. The van der Waals surface area contributed by atoms with Crippen LogP contribution in [-0.4, -0.2) is 42.4 Å². The number of ether oxygens (including phenoxy) is 3. The third-order valence-electron chi connectivity index (χ3n) is 4.05. The van der Waals surface area contributed by atoms with E-state index < -0.39 is 5.97 Å². The van der Waals surface area contributed by atoms with E-state index in [1.807, 2.05) is 20.9 Å². The zero-order valence-electron chi connectivity index (χ0n) is 15.1. The molecule has 0 aliphatic rings. The van der Waals surface area contributed by atoms with E-state index in [0.29, 0.717) is 17.1 Å². The molecular formula is C18H22N2O5. The first-order chi connectivity index (χ1) is 11.9. The second-order valence-corrected chi connectivity index (χ2v) is 5.60. The summed E-state index contributed by atoms with van der Waals surface area (Å²) in [6, 6.07) is 4.89. The molecule has 0 amide bonds. The Morgan fingerprint density at radius 2 is 1.88 bits per heavy atom. The van der Waals surface area contributed by atoms with Crippen LogP contribution in [0.25, 0.3) is 0 Å². The summed E-state index contributed by atoms with van der Waals surface area (Å²) in [5, 5.41) is 4.26. The number of ketones is 1. The van der Waals surface area contributed by atoms with Gasteiger partial charge in [0.15, 0.2) is 6.61 Å². The SMILES string of the molecule is COc1ccc(OC)c(C(=O)COC(=O)Cc2c(C)nn(C)c2C)c1. The molecule has 0 saturated carbocycles. The average Bonchev–Trinajstić information content (AvgIpc) is 2.85. The highest BCUT2D eigenvalue weighted by Gasteiger charge is 2.18. The van der Waals surface area contributed by atoms with Crippen LogP contribution in [0.15, 0.2) is 18.2 Å². The molecule has 1 aromatic heterocycles. The van der Waals surface area contributed by atoms with Crippen LogP contribution in [0, 0.1) is 13.8 Å². The number of hydrogen-bond acceptors (Lipinski definition) is 6. The molecule has 0 radical (unpaired) electrons. The van der Waals surface area contributed by atoms with E-state index in [9.17, 15) is 9.59 Å². The van der Waals surface area contributed by atoms with Crippen LogP contribution < -0.4 is 9.47 Å². The molecule has 0 aliphatic heterocycles. The maximum absolute atomic E-state index is 12.4. The first-order valence-corrected chi connectivity index (χ1v) is 7.77. The number of hydrogen-bond donors (Lipinski definition) is 0. The van der Waals surface area contributed by atoms with Crippen molar-refractivity contribution in [2.75, 3.05) is 20.8 Å². The summed E-state index contributed by atoms with van der Waals surface area (Å²) < 4.78 is 17.1. The van der Waals surface area contributed by atoms with E-state index in [1.165, 1.54) is 14.2 Å². The van der Waals surface area contributed by atoms with E-state index in [2.05, 4.69) is 5.10 Å². The normalized spacial score (nSPS) is 10.4. The minimum Gasteiger partial charge on any atom is -0.497 e. The summed E-state index contributed by atoms with van der Waals surface area (Å²) in [7, 11) is 4.79. The highest BCUT2D eigenvalue weighted by atomic mass is 16.5. The van der Waals surface area contributed by atoms with E-state index in [1.54, 1.807) is 22.9 Å². The third-order valence-corrected chi connectivity index (χ3v) is 4.05. The highest BCUT2D eigenvalue weighted by molar-refractivity contribution is 6.00. The van der Waals surface area contributed by atoms with Crippen LogP contribution in [0.2, 0.25) is 0 Å². The number of aromatic nitrogens is 2. The fourth-order valence-electron chi connectivity index (χ4n) is 2.52. The second kappa shape index (κ2) is 7.83. The molecule has 2 rings (SSSR count). The maximum atomic E-state index is 12.4. The summed E-state index contributed by atoms with van der Waals surface area (Å²) >= 11 is 0. The van der Waals surface area contributed by atoms with Crippen molar-refractivity contribution in [1.29, 1.82) is 0 Å². The van der Waals surface area contributed by atoms with Gasteiger partial charge in [0, 0.05) is 18.3 Å². The predicted octanol–water partition coefficient (Wildman–Crippen LogP) is 2.02. The lowest BCUT2D eigenvalue weighted by Gasteiger charge is -2.10. The number of carbonyl (C=O) groups excluding carboxylic acids is 2. The molecule has 0 unspecified atom stereocenters.